The molecule has 0 amide bonds. The van der Waals surface area contributed by atoms with Crippen LogP contribution >= 0.6 is 0 Å². The fourth-order valence-corrected chi connectivity index (χ4v) is 2.45. The highest BCUT2D eigenvalue weighted by molar-refractivity contribution is 5.80. The monoisotopic (exact) mass is 206 g/mol. The average Bonchev–Trinajstić information content (AvgIpc) is 2.56. The van der Waals surface area contributed by atoms with Crippen LogP contribution in [0.25, 0.3) is 0 Å². The van der Waals surface area contributed by atoms with Crippen LogP contribution in [0.5, 0.6) is 0 Å². The standard InChI is InChI=1S/C12H18N2O/c1-12(2)5-4-9(15)6-10(12)11-7-13-8-14(11)3/h7-8,10H,4-6H2,1-3H3. The lowest BCUT2D eigenvalue weighted by atomic mass is 9.67. The van der Waals surface area contributed by atoms with Gasteiger partial charge in [0.15, 0.2) is 0 Å². The maximum atomic E-state index is 11.5. The van der Waals surface area contributed by atoms with Gasteiger partial charge >= 0.3 is 0 Å². The fourth-order valence-electron chi connectivity index (χ4n) is 2.45. The molecule has 1 aromatic rings. The Hall–Kier alpha value is -1.12. The van der Waals surface area contributed by atoms with E-state index in [1.54, 1.807) is 0 Å². The van der Waals surface area contributed by atoms with Crippen LogP contribution in [0, 0.1) is 5.41 Å². The number of carbonyl (C=O) groups is 1. The molecular formula is C12H18N2O. The Morgan fingerprint density at radius 2 is 2.27 bits per heavy atom. The molecule has 1 fully saturated rings. The zero-order valence-electron chi connectivity index (χ0n) is 9.66. The van der Waals surface area contributed by atoms with Gasteiger partial charge in [-0.15, -0.1) is 0 Å². The maximum Gasteiger partial charge on any atom is 0.133 e. The number of hydrogen-bond acceptors (Lipinski definition) is 2. The van der Waals surface area contributed by atoms with Gasteiger partial charge in [-0.25, -0.2) is 4.98 Å². The van der Waals surface area contributed by atoms with Gasteiger partial charge in [-0.1, -0.05) is 13.8 Å². The zero-order valence-corrected chi connectivity index (χ0v) is 9.66. The molecule has 1 aliphatic carbocycles. The van der Waals surface area contributed by atoms with Gasteiger partial charge in [-0.3, -0.25) is 4.79 Å². The number of ketones is 1. The first kappa shape index (κ1) is 10.4. The summed E-state index contributed by atoms with van der Waals surface area (Å²) in [7, 11) is 2.00. The number of carbonyl (C=O) groups excluding carboxylic acids is 1. The van der Waals surface area contributed by atoms with Crippen LogP contribution in [0.2, 0.25) is 0 Å². The van der Waals surface area contributed by atoms with Crippen LogP contribution in [-0.4, -0.2) is 15.3 Å². The predicted molar refractivity (Wildman–Crippen MR) is 58.6 cm³/mol. The number of nitrogens with zero attached hydrogens (tertiary/aromatic N) is 2. The molecule has 0 aromatic carbocycles. The van der Waals surface area contributed by atoms with Crippen LogP contribution in [0.4, 0.5) is 0 Å². The van der Waals surface area contributed by atoms with Gasteiger partial charge in [0, 0.05) is 37.7 Å². The quantitative estimate of drug-likeness (QED) is 0.706. The third kappa shape index (κ3) is 1.83. The van der Waals surface area contributed by atoms with Crippen molar-refractivity contribution in [3.05, 3.63) is 18.2 Å². The molecule has 82 valence electrons. The summed E-state index contributed by atoms with van der Waals surface area (Å²) in [5, 5.41) is 0. The number of rotatable bonds is 1. The smallest absolute Gasteiger partial charge is 0.133 e. The largest absolute Gasteiger partial charge is 0.337 e. The molecule has 1 aromatic heterocycles. The summed E-state index contributed by atoms with van der Waals surface area (Å²) in [6.07, 6.45) is 6.10. The maximum absolute atomic E-state index is 11.5. The Kier molecular flexibility index (Phi) is 2.41. The van der Waals surface area contributed by atoms with Crippen molar-refractivity contribution in [2.24, 2.45) is 12.5 Å². The van der Waals surface area contributed by atoms with E-state index in [1.807, 2.05) is 24.1 Å². The molecular weight excluding hydrogens is 188 g/mol. The van der Waals surface area contributed by atoms with Gasteiger partial charge in [0.05, 0.1) is 6.33 Å². The zero-order chi connectivity index (χ0) is 11.1. The highest BCUT2D eigenvalue weighted by atomic mass is 16.1. The molecule has 1 heterocycles. The SMILES string of the molecule is Cn1cncc1C1CC(=O)CCC1(C)C. The summed E-state index contributed by atoms with van der Waals surface area (Å²) in [5.74, 6) is 0.715. The lowest BCUT2D eigenvalue weighted by molar-refractivity contribution is -0.122. The lowest BCUT2D eigenvalue weighted by Crippen LogP contribution is -2.31. The lowest BCUT2D eigenvalue weighted by Gasteiger charge is -2.37. The molecule has 0 aliphatic heterocycles. The highest BCUT2D eigenvalue weighted by Gasteiger charge is 2.37. The van der Waals surface area contributed by atoms with Crippen molar-refractivity contribution >= 4 is 5.78 Å². The normalized spacial score (nSPS) is 25.5. The third-order valence-electron chi connectivity index (χ3n) is 3.63. The molecule has 3 heteroatoms. The number of imidazole rings is 1. The van der Waals surface area contributed by atoms with Crippen LogP contribution in [0.1, 0.15) is 44.7 Å². The minimum Gasteiger partial charge on any atom is -0.337 e. The van der Waals surface area contributed by atoms with Gasteiger partial charge in [0.1, 0.15) is 5.78 Å². The molecule has 15 heavy (non-hydrogen) atoms. The highest BCUT2D eigenvalue weighted by Crippen LogP contribution is 2.45. The molecule has 0 spiro atoms. The first-order chi connectivity index (χ1) is 7.00. The molecule has 3 nitrogen and oxygen atoms in total. The van der Waals surface area contributed by atoms with E-state index in [-0.39, 0.29) is 5.41 Å². The second kappa shape index (κ2) is 3.47. The second-order valence-corrected chi connectivity index (χ2v) is 5.21. The predicted octanol–water partition coefficient (Wildman–Crippen LogP) is 2.28. The summed E-state index contributed by atoms with van der Waals surface area (Å²) in [5.41, 5.74) is 1.40. The minimum absolute atomic E-state index is 0.210. The number of aromatic nitrogens is 2. The summed E-state index contributed by atoms with van der Waals surface area (Å²) in [4.78, 5) is 15.7. The van der Waals surface area contributed by atoms with E-state index in [0.29, 0.717) is 18.1 Å². The van der Waals surface area contributed by atoms with E-state index in [0.717, 1.165) is 12.8 Å². The Balaban J connectivity index is 2.33. The summed E-state index contributed by atoms with van der Waals surface area (Å²) >= 11 is 0. The van der Waals surface area contributed by atoms with Crippen molar-refractivity contribution < 1.29 is 4.79 Å². The van der Waals surface area contributed by atoms with Crippen LogP contribution < -0.4 is 0 Å². The molecule has 0 saturated heterocycles. The summed E-state index contributed by atoms with van der Waals surface area (Å²) < 4.78 is 2.03. The Labute approximate surface area is 90.5 Å². The third-order valence-corrected chi connectivity index (χ3v) is 3.63. The van der Waals surface area contributed by atoms with Crippen molar-refractivity contribution in [3.8, 4) is 0 Å². The van der Waals surface area contributed by atoms with Gasteiger partial charge < -0.3 is 4.57 Å². The molecule has 1 saturated carbocycles. The Morgan fingerprint density at radius 1 is 1.53 bits per heavy atom. The first-order valence-corrected chi connectivity index (χ1v) is 5.48. The molecule has 1 atom stereocenters. The van der Waals surface area contributed by atoms with Crippen LogP contribution in [-0.2, 0) is 11.8 Å². The van der Waals surface area contributed by atoms with E-state index in [9.17, 15) is 4.79 Å². The van der Waals surface area contributed by atoms with Crippen molar-refractivity contribution in [2.45, 2.75) is 39.0 Å². The van der Waals surface area contributed by atoms with Crippen molar-refractivity contribution in [1.29, 1.82) is 0 Å². The van der Waals surface area contributed by atoms with Crippen LogP contribution in [0.3, 0.4) is 0 Å². The first-order valence-electron chi connectivity index (χ1n) is 5.48. The molecule has 0 bridgehead atoms. The molecule has 1 aliphatic rings. The van der Waals surface area contributed by atoms with E-state index in [1.165, 1.54) is 5.69 Å². The number of aryl methyl sites for hydroxylation is 1. The second-order valence-electron chi connectivity index (χ2n) is 5.21. The molecule has 0 radical (unpaired) electrons. The summed E-state index contributed by atoms with van der Waals surface area (Å²) in [6, 6.07) is 0. The van der Waals surface area contributed by atoms with Gasteiger partial charge in [-0.2, -0.15) is 0 Å². The van der Waals surface area contributed by atoms with Crippen molar-refractivity contribution in [1.82, 2.24) is 9.55 Å². The van der Waals surface area contributed by atoms with Gasteiger partial charge in [0.2, 0.25) is 0 Å². The van der Waals surface area contributed by atoms with E-state index >= 15 is 0 Å². The number of Topliss-reactive ketones (excluding diaryl/α,β-unsaturated/α-hetero) is 1. The van der Waals surface area contributed by atoms with E-state index in [4.69, 9.17) is 0 Å². The average molecular weight is 206 g/mol. The van der Waals surface area contributed by atoms with Crippen LogP contribution in [0.15, 0.2) is 12.5 Å². The Morgan fingerprint density at radius 3 is 2.87 bits per heavy atom. The van der Waals surface area contributed by atoms with E-state index in [2.05, 4.69) is 18.8 Å². The molecule has 2 rings (SSSR count). The topological polar surface area (TPSA) is 34.9 Å². The molecule has 1 unspecified atom stereocenters. The van der Waals surface area contributed by atoms with E-state index < -0.39 is 0 Å². The van der Waals surface area contributed by atoms with Gasteiger partial charge in [0.25, 0.3) is 0 Å². The van der Waals surface area contributed by atoms with Gasteiger partial charge in [-0.05, 0) is 11.8 Å². The Bertz CT molecular complexity index is 379. The molecule has 0 N–H and O–H groups in total. The summed E-state index contributed by atoms with van der Waals surface area (Å²) in [6.45, 7) is 4.49. The number of hydrogen-bond donors (Lipinski definition) is 0. The fraction of sp³-hybridized carbons (Fsp3) is 0.667. The van der Waals surface area contributed by atoms with Crippen molar-refractivity contribution in [3.63, 3.8) is 0 Å². The minimum atomic E-state index is 0.210. The van der Waals surface area contributed by atoms with Crippen molar-refractivity contribution in [2.75, 3.05) is 0 Å².